The molecule has 0 aliphatic rings. The second-order valence-electron chi connectivity index (χ2n) is 3.94. The van der Waals surface area contributed by atoms with E-state index in [0.29, 0.717) is 11.8 Å². The summed E-state index contributed by atoms with van der Waals surface area (Å²) >= 11 is 0. The largest absolute Gasteiger partial charge is 0.0958 e. The van der Waals surface area contributed by atoms with Crippen molar-refractivity contribution in [2.75, 3.05) is 0 Å². The minimum atomic E-state index is 0.632. The van der Waals surface area contributed by atoms with Crippen molar-refractivity contribution in [3.8, 4) is 0 Å². The van der Waals surface area contributed by atoms with Crippen LogP contribution in [0.15, 0.2) is 24.3 Å². The average molecular weight is 166 g/mol. The van der Waals surface area contributed by atoms with Crippen molar-refractivity contribution in [3.63, 3.8) is 0 Å². The lowest BCUT2D eigenvalue weighted by atomic mass is 9.83. The Morgan fingerprint density at radius 2 is 1.75 bits per heavy atom. The molecule has 70 valence electrons. The third-order valence-corrected chi connectivity index (χ3v) is 2.40. The second-order valence-corrected chi connectivity index (χ2v) is 3.94. The van der Waals surface area contributed by atoms with Crippen LogP contribution in [0.3, 0.4) is 0 Å². The van der Waals surface area contributed by atoms with E-state index in [-0.39, 0.29) is 0 Å². The van der Waals surface area contributed by atoms with Gasteiger partial charge in [-0.3, -0.25) is 0 Å². The fourth-order valence-electron chi connectivity index (χ4n) is 1.54. The first kappa shape index (κ1) is 11.5. The van der Waals surface area contributed by atoms with Gasteiger partial charge < -0.3 is 0 Å². The Bertz CT molecular complexity index is 163. The van der Waals surface area contributed by atoms with Crippen LogP contribution >= 0.6 is 0 Å². The van der Waals surface area contributed by atoms with Crippen LogP contribution in [0.1, 0.15) is 40.5 Å². The monoisotopic (exact) mass is 166 g/mol. The van der Waals surface area contributed by atoms with Crippen LogP contribution in [0.25, 0.3) is 0 Å². The van der Waals surface area contributed by atoms with Gasteiger partial charge in [0.1, 0.15) is 0 Å². The molecule has 0 rings (SSSR count). The zero-order chi connectivity index (χ0) is 9.72. The van der Waals surface area contributed by atoms with Crippen LogP contribution in [0, 0.1) is 11.8 Å². The second kappa shape index (κ2) is 5.18. The first-order chi connectivity index (χ1) is 5.50. The van der Waals surface area contributed by atoms with E-state index in [1.165, 1.54) is 18.4 Å². The van der Waals surface area contributed by atoms with Crippen molar-refractivity contribution in [2.45, 2.75) is 40.5 Å². The summed E-state index contributed by atoms with van der Waals surface area (Å²) in [5.41, 5.74) is 2.38. The van der Waals surface area contributed by atoms with E-state index in [0.717, 1.165) is 5.57 Å². The van der Waals surface area contributed by atoms with Gasteiger partial charge in [-0.1, -0.05) is 45.9 Å². The van der Waals surface area contributed by atoms with Gasteiger partial charge >= 0.3 is 0 Å². The molecular formula is C12H22. The van der Waals surface area contributed by atoms with Crippen LogP contribution in [0.2, 0.25) is 0 Å². The smallest absolute Gasteiger partial charge is 0.0142 e. The standard InChI is InChI=1S/C12H22/c1-7-8-12(10(4)5)11(6)9(2)3/h10,12H,2,6-8H2,1,3-5H3. The van der Waals surface area contributed by atoms with Crippen LogP contribution in [0.5, 0.6) is 0 Å². The van der Waals surface area contributed by atoms with Crippen LogP contribution < -0.4 is 0 Å². The van der Waals surface area contributed by atoms with E-state index in [2.05, 4.69) is 33.9 Å². The van der Waals surface area contributed by atoms with Gasteiger partial charge in [0.2, 0.25) is 0 Å². The zero-order valence-corrected chi connectivity index (χ0v) is 8.98. The third-order valence-electron chi connectivity index (χ3n) is 2.40. The molecule has 0 heteroatoms. The summed E-state index contributed by atoms with van der Waals surface area (Å²) in [5, 5.41) is 0. The lowest BCUT2D eigenvalue weighted by Gasteiger charge is -2.22. The Balaban J connectivity index is 4.29. The predicted octanol–water partition coefficient (Wildman–Crippen LogP) is 4.19. The average Bonchev–Trinajstić information content (AvgIpc) is 1.98. The van der Waals surface area contributed by atoms with Gasteiger partial charge in [0.15, 0.2) is 0 Å². The fraction of sp³-hybridized carbons (Fsp3) is 0.667. The van der Waals surface area contributed by atoms with Crippen molar-refractivity contribution in [1.82, 2.24) is 0 Å². The summed E-state index contributed by atoms with van der Waals surface area (Å²) in [5.74, 6) is 1.32. The molecule has 1 atom stereocenters. The molecule has 0 aliphatic carbocycles. The number of allylic oxidation sites excluding steroid dienone is 2. The fourth-order valence-corrected chi connectivity index (χ4v) is 1.54. The maximum Gasteiger partial charge on any atom is -0.0142 e. The normalized spacial score (nSPS) is 13.1. The zero-order valence-electron chi connectivity index (χ0n) is 8.98. The van der Waals surface area contributed by atoms with Gasteiger partial charge in [-0.2, -0.15) is 0 Å². The molecule has 0 nitrogen and oxygen atoms in total. The molecule has 1 unspecified atom stereocenters. The molecule has 0 N–H and O–H groups in total. The van der Waals surface area contributed by atoms with E-state index in [1.807, 2.05) is 6.92 Å². The Morgan fingerprint density at radius 1 is 1.25 bits per heavy atom. The molecule has 0 aromatic carbocycles. The van der Waals surface area contributed by atoms with Crippen LogP contribution in [-0.4, -0.2) is 0 Å². The molecular weight excluding hydrogens is 144 g/mol. The highest BCUT2D eigenvalue weighted by Gasteiger charge is 2.15. The maximum absolute atomic E-state index is 4.09. The maximum atomic E-state index is 4.09. The van der Waals surface area contributed by atoms with Crippen LogP contribution in [0.4, 0.5) is 0 Å². The topological polar surface area (TPSA) is 0 Å². The van der Waals surface area contributed by atoms with Crippen molar-refractivity contribution < 1.29 is 0 Å². The summed E-state index contributed by atoms with van der Waals surface area (Å²) in [6.45, 7) is 16.8. The van der Waals surface area contributed by atoms with Crippen molar-refractivity contribution in [1.29, 1.82) is 0 Å². The molecule has 12 heavy (non-hydrogen) atoms. The number of rotatable bonds is 5. The minimum Gasteiger partial charge on any atom is -0.0958 e. The number of hydrogen-bond donors (Lipinski definition) is 0. The number of hydrogen-bond acceptors (Lipinski definition) is 0. The molecule has 0 aliphatic heterocycles. The molecule has 0 aromatic heterocycles. The minimum absolute atomic E-state index is 0.632. The lowest BCUT2D eigenvalue weighted by Crippen LogP contribution is -2.11. The summed E-state index contributed by atoms with van der Waals surface area (Å²) in [6.07, 6.45) is 2.47. The quantitative estimate of drug-likeness (QED) is 0.537. The van der Waals surface area contributed by atoms with Crippen molar-refractivity contribution >= 4 is 0 Å². The highest BCUT2D eigenvalue weighted by atomic mass is 14.2. The van der Waals surface area contributed by atoms with Gasteiger partial charge in [-0.25, -0.2) is 0 Å². The Morgan fingerprint density at radius 3 is 2.00 bits per heavy atom. The molecule has 0 fully saturated rings. The predicted molar refractivity (Wildman–Crippen MR) is 57.2 cm³/mol. The summed E-state index contributed by atoms with van der Waals surface area (Å²) in [6, 6.07) is 0. The Kier molecular flexibility index (Phi) is 4.96. The van der Waals surface area contributed by atoms with Gasteiger partial charge in [0, 0.05) is 0 Å². The lowest BCUT2D eigenvalue weighted by molar-refractivity contribution is 0.415. The highest BCUT2D eigenvalue weighted by molar-refractivity contribution is 5.25. The van der Waals surface area contributed by atoms with Gasteiger partial charge in [0.05, 0.1) is 0 Å². The molecule has 0 saturated heterocycles. The SMILES string of the molecule is C=C(C)C(=C)C(CCC)C(C)C. The van der Waals surface area contributed by atoms with Crippen molar-refractivity contribution in [2.24, 2.45) is 11.8 Å². The van der Waals surface area contributed by atoms with E-state index in [9.17, 15) is 0 Å². The highest BCUT2D eigenvalue weighted by Crippen LogP contribution is 2.27. The first-order valence-electron chi connectivity index (χ1n) is 4.85. The van der Waals surface area contributed by atoms with Gasteiger partial charge in [0.25, 0.3) is 0 Å². The Hall–Kier alpha value is -0.520. The molecule has 0 saturated carbocycles. The van der Waals surface area contributed by atoms with E-state index in [1.54, 1.807) is 0 Å². The van der Waals surface area contributed by atoms with E-state index < -0.39 is 0 Å². The molecule has 0 radical (unpaired) electrons. The van der Waals surface area contributed by atoms with Gasteiger partial charge in [-0.15, -0.1) is 0 Å². The molecule has 0 bridgehead atoms. The first-order valence-corrected chi connectivity index (χ1v) is 4.85. The van der Waals surface area contributed by atoms with E-state index >= 15 is 0 Å². The summed E-state index contributed by atoms with van der Waals surface area (Å²) < 4.78 is 0. The van der Waals surface area contributed by atoms with Gasteiger partial charge in [-0.05, 0) is 30.8 Å². The summed E-state index contributed by atoms with van der Waals surface area (Å²) in [7, 11) is 0. The molecule has 0 spiro atoms. The molecule has 0 amide bonds. The Labute approximate surface area is 77.4 Å². The van der Waals surface area contributed by atoms with Crippen LogP contribution in [-0.2, 0) is 0 Å². The van der Waals surface area contributed by atoms with E-state index in [4.69, 9.17) is 0 Å². The molecule has 0 heterocycles. The van der Waals surface area contributed by atoms with Crippen molar-refractivity contribution in [3.05, 3.63) is 24.3 Å². The summed E-state index contributed by atoms with van der Waals surface area (Å²) in [4.78, 5) is 0. The molecule has 0 aromatic rings. The third kappa shape index (κ3) is 3.25.